The molecule has 0 aliphatic carbocycles. The molecule has 0 radical (unpaired) electrons. The fraction of sp³-hybridized carbons (Fsp3) is 0. The van der Waals surface area contributed by atoms with Crippen LogP contribution in [-0.2, 0) is 0 Å². The molecule has 2 rings (SSSR count). The van der Waals surface area contributed by atoms with Crippen LogP contribution in [0.25, 0.3) is 5.82 Å². The molecule has 0 saturated heterocycles. The summed E-state index contributed by atoms with van der Waals surface area (Å²) in [4.78, 5) is 4.22. The Morgan fingerprint density at radius 2 is 2.29 bits per heavy atom. The second kappa shape index (κ2) is 3.33. The molecular weight excluding hydrogens is 176 g/mol. The lowest BCUT2D eigenvalue weighted by Gasteiger charge is -2.12. The van der Waals surface area contributed by atoms with E-state index in [1.165, 1.54) is 0 Å². The predicted molar refractivity (Wildman–Crippen MR) is 52.2 cm³/mol. The van der Waals surface area contributed by atoms with Crippen LogP contribution >= 0.6 is 0 Å². The Bertz CT molecular complexity index is 501. The van der Waals surface area contributed by atoms with E-state index in [1.807, 2.05) is 31.1 Å². The van der Waals surface area contributed by atoms with Crippen molar-refractivity contribution in [1.82, 2.24) is 10.3 Å². The molecule has 0 spiro atoms. The third kappa shape index (κ3) is 1.37. The number of rotatable bonds is 0. The van der Waals surface area contributed by atoms with Crippen molar-refractivity contribution in [3.05, 3.63) is 49.5 Å². The SMILES string of the molecule is C=[N+]1[CH-]C=CN/C1=c1\nccc[n+]1=C. The van der Waals surface area contributed by atoms with Gasteiger partial charge in [-0.05, 0) is 6.72 Å². The predicted octanol–water partition coefficient (Wildman–Crippen LogP) is -0.934. The zero-order valence-electron chi connectivity index (χ0n) is 7.72. The molecule has 1 aliphatic rings. The van der Waals surface area contributed by atoms with Crippen LogP contribution in [-0.4, -0.2) is 16.3 Å². The lowest BCUT2D eigenvalue weighted by molar-refractivity contribution is -0.526. The largest absolute Gasteiger partial charge is 0.373 e. The Kier molecular flexibility index (Phi) is 2.02. The summed E-state index contributed by atoms with van der Waals surface area (Å²) in [5.74, 6) is 0.808. The number of aromatic nitrogens is 2. The highest BCUT2D eigenvalue weighted by Gasteiger charge is 2.11. The first-order valence-corrected chi connectivity index (χ1v) is 4.20. The first-order valence-electron chi connectivity index (χ1n) is 4.20. The minimum absolute atomic E-state index is 0.739. The molecule has 70 valence electrons. The van der Waals surface area contributed by atoms with Crippen molar-refractivity contribution in [2.45, 2.75) is 0 Å². The maximum Gasteiger partial charge on any atom is 0.373 e. The molecule has 0 bridgehead atoms. The van der Waals surface area contributed by atoms with Gasteiger partial charge in [0.1, 0.15) is 6.20 Å². The second-order valence-corrected chi connectivity index (χ2v) is 2.88. The maximum absolute atomic E-state index is 4.22. The Balaban J connectivity index is 2.71. The standard InChI is InChI=1S/C10H11N4/c1-13-7-3-5-11-9(13)10-12-6-4-8-14(10)2/h3-8,11H,1-2H2/q+1/b10-9-. The molecule has 1 aromatic rings. The van der Waals surface area contributed by atoms with E-state index in [0.29, 0.717) is 0 Å². The van der Waals surface area contributed by atoms with E-state index in [4.69, 9.17) is 0 Å². The summed E-state index contributed by atoms with van der Waals surface area (Å²) in [6, 6.07) is 1.83. The van der Waals surface area contributed by atoms with Crippen molar-refractivity contribution in [2.24, 2.45) is 0 Å². The quantitative estimate of drug-likeness (QED) is 0.420. The van der Waals surface area contributed by atoms with Crippen LogP contribution in [0.1, 0.15) is 0 Å². The molecule has 0 aromatic carbocycles. The van der Waals surface area contributed by atoms with E-state index in [0.717, 1.165) is 11.3 Å². The van der Waals surface area contributed by atoms with E-state index in [-0.39, 0.29) is 0 Å². The van der Waals surface area contributed by atoms with Gasteiger partial charge in [-0.2, -0.15) is 0 Å². The number of nitrogens with one attached hydrogen (secondary N) is 1. The monoisotopic (exact) mass is 187 g/mol. The van der Waals surface area contributed by atoms with Crippen LogP contribution in [0.3, 0.4) is 0 Å². The minimum Gasteiger partial charge on any atom is -0.326 e. The van der Waals surface area contributed by atoms with Gasteiger partial charge in [-0.25, -0.2) is 4.24 Å². The van der Waals surface area contributed by atoms with Gasteiger partial charge >= 0.3 is 5.48 Å². The summed E-state index contributed by atoms with van der Waals surface area (Å²) < 4.78 is 3.40. The summed E-state index contributed by atoms with van der Waals surface area (Å²) in [6.07, 6.45) is 7.25. The Morgan fingerprint density at radius 3 is 3.00 bits per heavy atom. The number of nitrogens with zero attached hydrogens (tertiary/aromatic N) is 3. The molecule has 4 nitrogen and oxygen atoms in total. The maximum atomic E-state index is 4.22. The summed E-state index contributed by atoms with van der Waals surface area (Å²) in [7, 11) is 0. The van der Waals surface area contributed by atoms with E-state index >= 15 is 0 Å². The van der Waals surface area contributed by atoms with E-state index < -0.39 is 0 Å². The van der Waals surface area contributed by atoms with Crippen molar-refractivity contribution < 1.29 is 8.82 Å². The molecule has 0 atom stereocenters. The lowest BCUT2D eigenvalue weighted by atomic mass is 10.4. The van der Waals surface area contributed by atoms with E-state index in [1.54, 1.807) is 15.0 Å². The number of hydrogen-bond acceptors (Lipinski definition) is 2. The first-order chi connectivity index (χ1) is 6.79. The minimum atomic E-state index is 0.739. The van der Waals surface area contributed by atoms with Gasteiger partial charge in [0.15, 0.2) is 0 Å². The van der Waals surface area contributed by atoms with Gasteiger partial charge in [0, 0.05) is 18.8 Å². The van der Waals surface area contributed by atoms with Crippen LogP contribution in [0.15, 0.2) is 30.7 Å². The molecule has 0 unspecified atom stereocenters. The lowest BCUT2D eigenvalue weighted by Crippen LogP contribution is -2.44. The molecular formula is C10H11N4+. The normalized spacial score (nSPS) is 18.7. The van der Waals surface area contributed by atoms with Crippen LogP contribution in [0, 0.1) is 13.3 Å². The molecule has 0 fully saturated rings. The summed E-state index contributed by atoms with van der Waals surface area (Å²) in [5, 5.41) is 3.07. The van der Waals surface area contributed by atoms with Crippen LogP contribution in [0.5, 0.6) is 0 Å². The zero-order valence-corrected chi connectivity index (χ0v) is 7.72. The topological polar surface area (TPSA) is 33.8 Å². The van der Waals surface area contributed by atoms with Gasteiger partial charge < -0.3 is 9.89 Å². The van der Waals surface area contributed by atoms with Gasteiger partial charge in [-0.15, -0.1) is 0 Å². The Morgan fingerprint density at radius 1 is 1.43 bits per heavy atom. The van der Waals surface area contributed by atoms with Gasteiger partial charge in [0.2, 0.25) is 0 Å². The van der Waals surface area contributed by atoms with E-state index in [9.17, 15) is 0 Å². The molecule has 1 N–H and O–H groups in total. The zero-order chi connectivity index (χ0) is 9.97. The van der Waals surface area contributed by atoms with Crippen molar-refractivity contribution in [1.29, 1.82) is 0 Å². The van der Waals surface area contributed by atoms with Gasteiger partial charge in [0.25, 0.3) is 5.82 Å². The highest BCUT2D eigenvalue weighted by Crippen LogP contribution is 1.98. The second-order valence-electron chi connectivity index (χ2n) is 2.88. The third-order valence-corrected chi connectivity index (χ3v) is 1.90. The summed E-state index contributed by atoms with van der Waals surface area (Å²) >= 11 is 0. The molecule has 4 heteroatoms. The average Bonchev–Trinajstić information content (AvgIpc) is 2.20. The first kappa shape index (κ1) is 8.50. The van der Waals surface area contributed by atoms with Gasteiger partial charge in [0.05, 0.1) is 12.9 Å². The smallest absolute Gasteiger partial charge is 0.326 e. The third-order valence-electron chi connectivity index (χ3n) is 1.90. The Labute approximate surface area is 81.9 Å². The molecule has 1 aliphatic heterocycles. The molecule has 0 saturated carbocycles. The van der Waals surface area contributed by atoms with Crippen molar-refractivity contribution in [3.8, 4) is 0 Å². The fourth-order valence-electron chi connectivity index (χ4n) is 1.22. The number of hydrogen-bond donors (Lipinski definition) is 1. The van der Waals surface area contributed by atoms with Crippen LogP contribution in [0.4, 0.5) is 0 Å². The summed E-state index contributed by atoms with van der Waals surface area (Å²) in [6.45, 7) is 9.52. The Hall–Kier alpha value is -2.10. The fourth-order valence-corrected chi connectivity index (χ4v) is 1.22. The summed E-state index contributed by atoms with van der Waals surface area (Å²) in [5.41, 5.74) is 0.739. The average molecular weight is 187 g/mol. The highest BCUT2D eigenvalue weighted by molar-refractivity contribution is 5.36. The van der Waals surface area contributed by atoms with Gasteiger partial charge in [-0.1, -0.05) is 11.1 Å². The van der Waals surface area contributed by atoms with Gasteiger partial charge in [-0.3, -0.25) is 0 Å². The van der Waals surface area contributed by atoms with Crippen LogP contribution < -0.4 is 15.0 Å². The van der Waals surface area contributed by atoms with Crippen molar-refractivity contribution >= 4 is 12.5 Å². The molecule has 1 aromatic heterocycles. The van der Waals surface area contributed by atoms with Crippen LogP contribution in [0.2, 0.25) is 0 Å². The molecule has 2 heterocycles. The molecule has 14 heavy (non-hydrogen) atoms. The van der Waals surface area contributed by atoms with E-state index in [2.05, 4.69) is 23.7 Å². The van der Waals surface area contributed by atoms with Crippen molar-refractivity contribution in [2.75, 3.05) is 0 Å². The van der Waals surface area contributed by atoms with Crippen molar-refractivity contribution in [3.63, 3.8) is 0 Å². The molecule has 0 amide bonds. The highest BCUT2D eigenvalue weighted by atomic mass is 15.2.